The highest BCUT2D eigenvalue weighted by Gasteiger charge is 2.14. The number of amides is 1. The van der Waals surface area contributed by atoms with Crippen LogP contribution in [-0.2, 0) is 11.4 Å². The van der Waals surface area contributed by atoms with E-state index in [1.165, 1.54) is 18.2 Å². The summed E-state index contributed by atoms with van der Waals surface area (Å²) in [5.74, 6) is -0.836. The van der Waals surface area contributed by atoms with Gasteiger partial charge in [-0.25, -0.2) is 4.79 Å². The van der Waals surface area contributed by atoms with E-state index in [9.17, 15) is 14.9 Å². The molecule has 0 radical (unpaired) electrons. The van der Waals surface area contributed by atoms with E-state index in [0.29, 0.717) is 40.1 Å². The molecule has 168 valence electrons. The van der Waals surface area contributed by atoms with Crippen LogP contribution < -0.4 is 14.8 Å². The normalized spacial score (nSPS) is 10.9. The third-order valence-electron chi connectivity index (χ3n) is 4.31. The second-order valence-electron chi connectivity index (χ2n) is 6.60. The van der Waals surface area contributed by atoms with Crippen LogP contribution in [-0.4, -0.2) is 23.6 Å². The maximum atomic E-state index is 12.5. The van der Waals surface area contributed by atoms with Crippen LogP contribution in [0.5, 0.6) is 11.5 Å². The summed E-state index contributed by atoms with van der Waals surface area (Å²) in [4.78, 5) is 23.4. The van der Waals surface area contributed by atoms with Gasteiger partial charge in [0.1, 0.15) is 24.0 Å². The van der Waals surface area contributed by atoms with Gasteiger partial charge in [-0.2, -0.15) is 5.26 Å². The monoisotopic (exact) mass is 466 g/mol. The number of ether oxygens (including phenoxy) is 2. The highest BCUT2D eigenvalue weighted by molar-refractivity contribution is 6.34. The SMILES string of the molecule is CCOc1cc(C=C(C#N)C(=O)Nc2ccccc2Cl)ccc1OCc1ccc(C(=O)O)o1. The van der Waals surface area contributed by atoms with Crippen LogP contribution in [0.25, 0.3) is 6.08 Å². The van der Waals surface area contributed by atoms with Gasteiger partial charge in [0.15, 0.2) is 11.5 Å². The van der Waals surface area contributed by atoms with Crippen molar-refractivity contribution in [1.82, 2.24) is 0 Å². The Morgan fingerprint density at radius 3 is 2.61 bits per heavy atom. The molecule has 2 aromatic carbocycles. The molecule has 0 aliphatic carbocycles. The van der Waals surface area contributed by atoms with Crippen LogP contribution >= 0.6 is 11.6 Å². The number of para-hydroxylation sites is 1. The largest absolute Gasteiger partial charge is 0.490 e. The predicted molar refractivity (Wildman–Crippen MR) is 121 cm³/mol. The molecule has 0 saturated heterocycles. The number of carbonyl (C=O) groups is 2. The highest BCUT2D eigenvalue weighted by Crippen LogP contribution is 2.30. The summed E-state index contributed by atoms with van der Waals surface area (Å²) in [6.07, 6.45) is 1.42. The average Bonchev–Trinajstić information content (AvgIpc) is 3.28. The smallest absolute Gasteiger partial charge is 0.371 e. The Morgan fingerprint density at radius 2 is 1.94 bits per heavy atom. The summed E-state index contributed by atoms with van der Waals surface area (Å²) < 4.78 is 16.5. The number of hydrogen-bond acceptors (Lipinski definition) is 6. The highest BCUT2D eigenvalue weighted by atomic mass is 35.5. The van der Waals surface area contributed by atoms with E-state index in [1.54, 1.807) is 49.4 Å². The lowest BCUT2D eigenvalue weighted by Gasteiger charge is -2.12. The van der Waals surface area contributed by atoms with E-state index < -0.39 is 11.9 Å². The number of aromatic carboxylic acids is 1. The molecule has 0 unspecified atom stereocenters. The zero-order valence-corrected chi connectivity index (χ0v) is 18.3. The van der Waals surface area contributed by atoms with Crippen LogP contribution in [0.1, 0.15) is 28.8 Å². The summed E-state index contributed by atoms with van der Waals surface area (Å²) in [5.41, 5.74) is 0.818. The number of furan rings is 1. The summed E-state index contributed by atoms with van der Waals surface area (Å²) in [6, 6.07) is 16.4. The first-order valence-corrected chi connectivity index (χ1v) is 10.2. The molecule has 8 nitrogen and oxygen atoms in total. The molecule has 0 saturated carbocycles. The molecular weight excluding hydrogens is 448 g/mol. The second kappa shape index (κ2) is 10.9. The van der Waals surface area contributed by atoms with E-state index in [2.05, 4.69) is 5.32 Å². The number of halogens is 1. The van der Waals surface area contributed by atoms with Gasteiger partial charge in [-0.1, -0.05) is 29.8 Å². The van der Waals surface area contributed by atoms with Gasteiger partial charge in [0.05, 0.1) is 17.3 Å². The van der Waals surface area contributed by atoms with E-state index in [-0.39, 0.29) is 17.9 Å². The fourth-order valence-corrected chi connectivity index (χ4v) is 2.97. The number of anilines is 1. The van der Waals surface area contributed by atoms with E-state index in [1.807, 2.05) is 6.07 Å². The number of nitrogens with one attached hydrogen (secondary N) is 1. The lowest BCUT2D eigenvalue weighted by Crippen LogP contribution is -2.13. The molecule has 3 rings (SSSR count). The summed E-state index contributed by atoms with van der Waals surface area (Å²) in [7, 11) is 0. The van der Waals surface area contributed by atoms with E-state index in [0.717, 1.165) is 0 Å². The molecule has 0 atom stereocenters. The summed E-state index contributed by atoms with van der Waals surface area (Å²) in [6.45, 7) is 2.15. The van der Waals surface area contributed by atoms with Crippen molar-refractivity contribution in [3.05, 3.63) is 82.3 Å². The predicted octanol–water partition coefficient (Wildman–Crippen LogP) is 5.15. The molecule has 0 spiro atoms. The molecule has 3 aromatic rings. The van der Waals surface area contributed by atoms with Gasteiger partial charge in [0.25, 0.3) is 5.91 Å². The number of nitrogens with zero attached hydrogens (tertiary/aromatic N) is 1. The standard InChI is InChI=1S/C24H19ClN2O6/c1-2-31-22-12-15(7-9-20(22)32-14-17-8-10-21(33-17)24(29)30)11-16(13-26)23(28)27-19-6-4-3-5-18(19)25/h3-12H,2,14H2,1H3,(H,27,28)(H,29,30). The lowest BCUT2D eigenvalue weighted by atomic mass is 10.1. The molecule has 1 heterocycles. The molecule has 33 heavy (non-hydrogen) atoms. The molecule has 2 N–H and O–H groups in total. The first kappa shape index (κ1) is 23.4. The molecule has 0 fully saturated rings. The second-order valence-corrected chi connectivity index (χ2v) is 7.01. The van der Waals surface area contributed by atoms with Gasteiger partial charge in [-0.3, -0.25) is 4.79 Å². The Bertz CT molecular complexity index is 1240. The van der Waals surface area contributed by atoms with Crippen molar-refractivity contribution >= 4 is 35.2 Å². The van der Waals surface area contributed by atoms with Crippen LogP contribution in [0, 0.1) is 11.3 Å². The zero-order valence-electron chi connectivity index (χ0n) is 17.5. The quantitative estimate of drug-likeness (QED) is 0.330. The number of hydrogen-bond donors (Lipinski definition) is 2. The number of nitriles is 1. The van der Waals surface area contributed by atoms with Crippen LogP contribution in [0.2, 0.25) is 5.02 Å². The Morgan fingerprint density at radius 1 is 1.15 bits per heavy atom. The number of benzene rings is 2. The first-order chi connectivity index (χ1) is 15.9. The molecule has 1 amide bonds. The van der Waals surface area contributed by atoms with Gasteiger partial charge in [-0.05, 0) is 55.0 Å². The fourth-order valence-electron chi connectivity index (χ4n) is 2.79. The Hall–Kier alpha value is -4.22. The van der Waals surface area contributed by atoms with Gasteiger partial charge in [0.2, 0.25) is 5.76 Å². The van der Waals surface area contributed by atoms with Crippen molar-refractivity contribution in [3.63, 3.8) is 0 Å². The van der Waals surface area contributed by atoms with E-state index in [4.69, 9.17) is 30.6 Å². The fraction of sp³-hybridized carbons (Fsp3) is 0.125. The van der Waals surface area contributed by atoms with Crippen molar-refractivity contribution in [2.75, 3.05) is 11.9 Å². The minimum Gasteiger partial charge on any atom is -0.490 e. The molecule has 0 aliphatic rings. The first-order valence-electron chi connectivity index (χ1n) is 9.80. The molecule has 0 aliphatic heterocycles. The van der Waals surface area contributed by atoms with Gasteiger partial charge in [-0.15, -0.1) is 0 Å². The topological polar surface area (TPSA) is 122 Å². The van der Waals surface area contributed by atoms with Crippen LogP contribution in [0.3, 0.4) is 0 Å². The van der Waals surface area contributed by atoms with Gasteiger partial charge in [0, 0.05) is 0 Å². The molecule has 0 bridgehead atoms. The number of carboxylic acids is 1. The van der Waals surface area contributed by atoms with E-state index >= 15 is 0 Å². The molecule has 1 aromatic heterocycles. The molecule has 9 heteroatoms. The number of carboxylic acid groups (broad SMARTS) is 1. The van der Waals surface area contributed by atoms with Crippen molar-refractivity contribution in [3.8, 4) is 17.6 Å². The maximum absolute atomic E-state index is 12.5. The van der Waals surface area contributed by atoms with Crippen molar-refractivity contribution < 1.29 is 28.6 Å². The average molecular weight is 467 g/mol. The summed E-state index contributed by atoms with van der Waals surface area (Å²) >= 11 is 6.06. The molecular formula is C24H19ClN2O6. The van der Waals surface area contributed by atoms with Crippen LogP contribution in [0.4, 0.5) is 5.69 Å². The number of rotatable bonds is 9. The van der Waals surface area contributed by atoms with Crippen molar-refractivity contribution in [2.45, 2.75) is 13.5 Å². The zero-order chi connectivity index (χ0) is 23.8. The summed E-state index contributed by atoms with van der Waals surface area (Å²) in [5, 5.41) is 21.4. The maximum Gasteiger partial charge on any atom is 0.371 e. The van der Waals surface area contributed by atoms with Gasteiger partial charge >= 0.3 is 5.97 Å². The Balaban J connectivity index is 1.78. The number of carbonyl (C=O) groups excluding carboxylic acids is 1. The minimum absolute atomic E-state index is 0.00771. The lowest BCUT2D eigenvalue weighted by molar-refractivity contribution is -0.112. The van der Waals surface area contributed by atoms with Gasteiger partial charge < -0.3 is 24.3 Å². The Labute approximate surface area is 194 Å². The van der Waals surface area contributed by atoms with Crippen LogP contribution in [0.15, 0.2) is 64.6 Å². The van der Waals surface area contributed by atoms with Crippen molar-refractivity contribution in [1.29, 1.82) is 5.26 Å². The Kier molecular flexibility index (Phi) is 7.73. The minimum atomic E-state index is -1.17. The van der Waals surface area contributed by atoms with Crippen molar-refractivity contribution in [2.24, 2.45) is 0 Å². The third-order valence-corrected chi connectivity index (χ3v) is 4.64. The third kappa shape index (κ3) is 6.15.